The molecule has 0 aliphatic rings. The molecule has 160 valence electrons. The summed E-state index contributed by atoms with van der Waals surface area (Å²) in [5, 5.41) is 18.5. The van der Waals surface area contributed by atoms with Crippen molar-refractivity contribution in [2.24, 2.45) is 17.3 Å². The van der Waals surface area contributed by atoms with E-state index in [0.29, 0.717) is 12.8 Å². The van der Waals surface area contributed by atoms with Crippen molar-refractivity contribution in [3.8, 4) is 0 Å². The molecule has 2 atom stereocenters. The molecule has 0 rings (SSSR count). The zero-order valence-corrected chi connectivity index (χ0v) is 18.3. The molecular weight excluding hydrogens is 340 g/mol. The predicted molar refractivity (Wildman–Crippen MR) is 112 cm³/mol. The molecule has 0 fully saturated rings. The highest BCUT2D eigenvalue weighted by atomic mass is 16.4. The smallest absolute Gasteiger partial charge is 0.310 e. The van der Waals surface area contributed by atoms with Crippen LogP contribution in [0.15, 0.2) is 0 Å². The monoisotopic (exact) mass is 384 g/mol. The second kappa shape index (κ2) is 14.9. The molecule has 0 radical (unpaired) electrons. The molecule has 4 heteroatoms. The van der Waals surface area contributed by atoms with E-state index in [1.165, 1.54) is 38.5 Å². The van der Waals surface area contributed by atoms with Crippen LogP contribution in [-0.4, -0.2) is 22.2 Å². The molecular formula is C23H44O4. The van der Waals surface area contributed by atoms with Gasteiger partial charge in [-0.2, -0.15) is 0 Å². The Labute approximate surface area is 167 Å². The Bertz CT molecular complexity index is 405. The molecule has 0 saturated carbocycles. The Kier molecular flexibility index (Phi) is 14.3. The van der Waals surface area contributed by atoms with Crippen molar-refractivity contribution in [1.29, 1.82) is 0 Å². The molecule has 0 bridgehead atoms. The highest BCUT2D eigenvalue weighted by molar-refractivity contribution is 5.75. The summed E-state index contributed by atoms with van der Waals surface area (Å²) in [6.45, 7) is 8.28. The maximum Gasteiger partial charge on any atom is 0.310 e. The lowest BCUT2D eigenvalue weighted by molar-refractivity contribution is -0.157. The van der Waals surface area contributed by atoms with Crippen molar-refractivity contribution < 1.29 is 19.8 Å². The maximum atomic E-state index is 12.0. The quantitative estimate of drug-likeness (QED) is 0.252. The minimum absolute atomic E-state index is 0.167. The van der Waals surface area contributed by atoms with E-state index in [9.17, 15) is 14.7 Å². The molecule has 0 heterocycles. The molecule has 0 aromatic rings. The highest BCUT2D eigenvalue weighted by Crippen LogP contribution is 2.44. The number of unbranched alkanes of at least 4 members (excludes halogenated alkanes) is 9. The minimum Gasteiger partial charge on any atom is -0.481 e. The third-order valence-electron chi connectivity index (χ3n) is 6.43. The van der Waals surface area contributed by atoms with E-state index in [1.54, 1.807) is 0 Å². The number of aliphatic carboxylic acids is 2. The molecule has 0 spiro atoms. The SMILES string of the molecule is CCC(CCCCCCCCCCCCC(=O)O)C(CC)(C(=O)O)C(C)C. The molecule has 0 aliphatic heterocycles. The number of hydrogen-bond donors (Lipinski definition) is 2. The van der Waals surface area contributed by atoms with E-state index in [-0.39, 0.29) is 11.8 Å². The summed E-state index contributed by atoms with van der Waals surface area (Å²) in [5.74, 6) is -0.866. The maximum absolute atomic E-state index is 12.0. The molecule has 2 unspecified atom stereocenters. The van der Waals surface area contributed by atoms with Crippen LogP contribution in [0.2, 0.25) is 0 Å². The normalized spacial score (nSPS) is 14.9. The second-order valence-electron chi connectivity index (χ2n) is 8.43. The molecule has 0 amide bonds. The van der Waals surface area contributed by atoms with Crippen LogP contribution >= 0.6 is 0 Å². The van der Waals surface area contributed by atoms with E-state index in [4.69, 9.17) is 5.11 Å². The molecule has 0 aromatic heterocycles. The molecule has 4 nitrogen and oxygen atoms in total. The first-order chi connectivity index (χ1) is 12.8. The lowest BCUT2D eigenvalue weighted by atomic mass is 9.63. The van der Waals surface area contributed by atoms with Crippen molar-refractivity contribution in [3.05, 3.63) is 0 Å². The predicted octanol–water partition coefficient (Wildman–Crippen LogP) is 6.92. The van der Waals surface area contributed by atoms with Gasteiger partial charge >= 0.3 is 11.9 Å². The van der Waals surface area contributed by atoms with Gasteiger partial charge in [0.15, 0.2) is 0 Å². The lowest BCUT2D eigenvalue weighted by Gasteiger charge is -2.40. The van der Waals surface area contributed by atoms with Crippen molar-refractivity contribution in [3.63, 3.8) is 0 Å². The Balaban J connectivity index is 3.89. The van der Waals surface area contributed by atoms with Crippen LogP contribution in [0.5, 0.6) is 0 Å². The van der Waals surface area contributed by atoms with Crippen molar-refractivity contribution in [2.45, 2.75) is 118 Å². The fourth-order valence-corrected chi connectivity index (χ4v) is 4.65. The van der Waals surface area contributed by atoms with E-state index in [1.807, 2.05) is 6.92 Å². The van der Waals surface area contributed by atoms with E-state index in [0.717, 1.165) is 38.5 Å². The van der Waals surface area contributed by atoms with Crippen LogP contribution in [0.25, 0.3) is 0 Å². The second-order valence-corrected chi connectivity index (χ2v) is 8.43. The molecule has 2 N–H and O–H groups in total. The number of hydrogen-bond acceptors (Lipinski definition) is 2. The van der Waals surface area contributed by atoms with Crippen LogP contribution in [0.4, 0.5) is 0 Å². The summed E-state index contributed by atoms with van der Waals surface area (Å²) >= 11 is 0. The van der Waals surface area contributed by atoms with E-state index >= 15 is 0 Å². The topological polar surface area (TPSA) is 74.6 Å². The van der Waals surface area contributed by atoms with Gasteiger partial charge in [0.2, 0.25) is 0 Å². The van der Waals surface area contributed by atoms with Gasteiger partial charge in [-0.25, -0.2) is 0 Å². The van der Waals surface area contributed by atoms with Crippen LogP contribution < -0.4 is 0 Å². The number of carbonyl (C=O) groups is 2. The Morgan fingerprint density at radius 1 is 0.778 bits per heavy atom. The first-order valence-corrected chi connectivity index (χ1v) is 11.3. The number of carboxylic acids is 2. The van der Waals surface area contributed by atoms with Gasteiger partial charge in [-0.1, -0.05) is 91.9 Å². The van der Waals surface area contributed by atoms with Gasteiger partial charge in [0.25, 0.3) is 0 Å². The average molecular weight is 385 g/mol. The Hall–Kier alpha value is -1.06. The van der Waals surface area contributed by atoms with Gasteiger partial charge in [0.1, 0.15) is 0 Å². The average Bonchev–Trinajstić information content (AvgIpc) is 2.60. The molecule has 0 aliphatic carbocycles. The van der Waals surface area contributed by atoms with Gasteiger partial charge in [-0.3, -0.25) is 9.59 Å². The van der Waals surface area contributed by atoms with Crippen LogP contribution in [0.1, 0.15) is 118 Å². The summed E-state index contributed by atoms with van der Waals surface area (Å²) in [6.07, 6.45) is 14.5. The fraction of sp³-hybridized carbons (Fsp3) is 0.913. The zero-order chi connectivity index (χ0) is 20.7. The summed E-state index contributed by atoms with van der Waals surface area (Å²) in [6, 6.07) is 0. The van der Waals surface area contributed by atoms with E-state index < -0.39 is 17.4 Å². The highest BCUT2D eigenvalue weighted by Gasteiger charge is 2.45. The Morgan fingerprint density at radius 3 is 1.56 bits per heavy atom. The van der Waals surface area contributed by atoms with Gasteiger partial charge in [-0.15, -0.1) is 0 Å². The third-order valence-corrected chi connectivity index (χ3v) is 6.43. The largest absolute Gasteiger partial charge is 0.481 e. The third kappa shape index (κ3) is 9.62. The first-order valence-electron chi connectivity index (χ1n) is 11.3. The zero-order valence-electron chi connectivity index (χ0n) is 18.3. The van der Waals surface area contributed by atoms with Gasteiger partial charge < -0.3 is 10.2 Å². The van der Waals surface area contributed by atoms with E-state index in [2.05, 4.69) is 20.8 Å². The number of carboxylic acid groups (broad SMARTS) is 2. The van der Waals surface area contributed by atoms with Crippen molar-refractivity contribution >= 4 is 11.9 Å². The molecule has 27 heavy (non-hydrogen) atoms. The minimum atomic E-state index is -0.687. The van der Waals surface area contributed by atoms with Crippen molar-refractivity contribution in [1.82, 2.24) is 0 Å². The summed E-state index contributed by atoms with van der Waals surface area (Å²) in [5.41, 5.74) is -0.574. The summed E-state index contributed by atoms with van der Waals surface area (Å²) in [4.78, 5) is 22.4. The van der Waals surface area contributed by atoms with Crippen LogP contribution in [0, 0.1) is 17.3 Å². The van der Waals surface area contributed by atoms with Crippen molar-refractivity contribution in [2.75, 3.05) is 0 Å². The standard InChI is InChI=1S/C23H44O4/c1-5-20(23(6-2,19(3)4)22(26)27)17-15-13-11-9-7-8-10-12-14-16-18-21(24)25/h19-20H,5-18H2,1-4H3,(H,24,25)(H,26,27). The Morgan fingerprint density at radius 2 is 1.22 bits per heavy atom. The number of rotatable bonds is 18. The molecule has 0 aromatic carbocycles. The van der Waals surface area contributed by atoms with Crippen LogP contribution in [0.3, 0.4) is 0 Å². The van der Waals surface area contributed by atoms with Gasteiger partial charge in [-0.05, 0) is 31.1 Å². The lowest BCUT2D eigenvalue weighted by Crippen LogP contribution is -2.42. The fourth-order valence-electron chi connectivity index (χ4n) is 4.65. The van der Waals surface area contributed by atoms with Gasteiger partial charge in [0, 0.05) is 6.42 Å². The first kappa shape index (κ1) is 25.9. The molecule has 0 saturated heterocycles. The summed E-state index contributed by atoms with van der Waals surface area (Å²) < 4.78 is 0. The van der Waals surface area contributed by atoms with Crippen LogP contribution in [-0.2, 0) is 9.59 Å². The summed E-state index contributed by atoms with van der Waals surface area (Å²) in [7, 11) is 0. The van der Waals surface area contributed by atoms with Gasteiger partial charge in [0.05, 0.1) is 5.41 Å².